The van der Waals surface area contributed by atoms with Crippen LogP contribution in [-0.4, -0.2) is 49.9 Å². The molecule has 0 aliphatic rings. The Hall–Kier alpha value is -1.10. The monoisotopic (exact) mass is 201 g/mol. The van der Waals surface area contributed by atoms with Crippen LogP contribution in [-0.2, 0) is 9.59 Å². The predicted molar refractivity (Wildman–Crippen MR) is 54.8 cm³/mol. The Labute approximate surface area is 84.8 Å². The summed E-state index contributed by atoms with van der Waals surface area (Å²) < 4.78 is 0. The number of carbonyl (C=O) groups excluding carboxylic acids is 2. The average molecular weight is 201 g/mol. The zero-order valence-electron chi connectivity index (χ0n) is 9.26. The molecule has 0 aliphatic carbocycles. The predicted octanol–water partition coefficient (Wildman–Crippen LogP) is -0.811. The van der Waals surface area contributed by atoms with Gasteiger partial charge in [0, 0.05) is 20.0 Å². The number of rotatable bonds is 5. The van der Waals surface area contributed by atoms with Crippen LogP contribution in [0.4, 0.5) is 0 Å². The summed E-state index contributed by atoms with van der Waals surface area (Å²) in [5.74, 6) is -0.345. The lowest BCUT2D eigenvalue weighted by Crippen LogP contribution is -2.45. The van der Waals surface area contributed by atoms with E-state index in [1.54, 1.807) is 6.92 Å². The molecule has 0 aliphatic heterocycles. The van der Waals surface area contributed by atoms with Crippen LogP contribution in [0.5, 0.6) is 0 Å². The third-order valence-corrected chi connectivity index (χ3v) is 1.67. The first-order valence-corrected chi connectivity index (χ1v) is 4.63. The van der Waals surface area contributed by atoms with Crippen LogP contribution in [0, 0.1) is 0 Å². The van der Waals surface area contributed by atoms with Gasteiger partial charge in [0.15, 0.2) is 0 Å². The van der Waals surface area contributed by atoms with Crippen LogP contribution in [0.25, 0.3) is 0 Å². The molecular formula is C9H19N3O2. The van der Waals surface area contributed by atoms with E-state index in [1.165, 1.54) is 6.92 Å². The van der Waals surface area contributed by atoms with Gasteiger partial charge in [-0.15, -0.1) is 0 Å². The third kappa shape index (κ3) is 6.42. The van der Waals surface area contributed by atoms with Gasteiger partial charge in [-0.1, -0.05) is 0 Å². The smallest absolute Gasteiger partial charge is 0.242 e. The van der Waals surface area contributed by atoms with Crippen LogP contribution >= 0.6 is 0 Å². The number of hydrogen-bond acceptors (Lipinski definition) is 3. The van der Waals surface area contributed by atoms with Crippen molar-refractivity contribution >= 4 is 11.8 Å². The molecule has 0 aromatic carbocycles. The van der Waals surface area contributed by atoms with Gasteiger partial charge in [0.05, 0.1) is 0 Å². The fraction of sp³-hybridized carbons (Fsp3) is 0.778. The Kier molecular flexibility index (Phi) is 5.87. The van der Waals surface area contributed by atoms with E-state index in [2.05, 4.69) is 10.6 Å². The molecule has 0 fully saturated rings. The maximum absolute atomic E-state index is 11.3. The van der Waals surface area contributed by atoms with Gasteiger partial charge in [-0.3, -0.25) is 9.59 Å². The van der Waals surface area contributed by atoms with Crippen molar-refractivity contribution in [2.45, 2.75) is 19.9 Å². The summed E-state index contributed by atoms with van der Waals surface area (Å²) in [7, 11) is 3.87. The largest absolute Gasteiger partial charge is 0.353 e. The Morgan fingerprint density at radius 1 is 1.36 bits per heavy atom. The normalized spacial score (nSPS) is 12.4. The number of amides is 2. The van der Waals surface area contributed by atoms with Crippen LogP contribution in [0.15, 0.2) is 0 Å². The molecule has 0 rings (SSSR count). The molecule has 2 N–H and O–H groups in total. The molecule has 2 amide bonds. The van der Waals surface area contributed by atoms with E-state index in [0.717, 1.165) is 6.54 Å². The summed E-state index contributed by atoms with van der Waals surface area (Å²) in [5.41, 5.74) is 0. The fourth-order valence-corrected chi connectivity index (χ4v) is 0.926. The van der Waals surface area contributed by atoms with Crippen molar-refractivity contribution in [1.29, 1.82) is 0 Å². The SMILES string of the molecule is CC(=O)NC(C)C(=O)NCCN(C)C. The first-order chi connectivity index (χ1) is 6.43. The van der Waals surface area contributed by atoms with Gasteiger partial charge in [0.1, 0.15) is 6.04 Å². The molecule has 1 unspecified atom stereocenters. The van der Waals surface area contributed by atoms with Crippen molar-refractivity contribution in [3.05, 3.63) is 0 Å². The van der Waals surface area contributed by atoms with Gasteiger partial charge in [0.25, 0.3) is 0 Å². The Balaban J connectivity index is 3.67. The van der Waals surface area contributed by atoms with Crippen molar-refractivity contribution in [3.63, 3.8) is 0 Å². The quantitative estimate of drug-likeness (QED) is 0.611. The molecule has 5 nitrogen and oxygen atoms in total. The molecule has 0 saturated heterocycles. The highest BCUT2D eigenvalue weighted by Crippen LogP contribution is 1.81. The second-order valence-electron chi connectivity index (χ2n) is 3.52. The van der Waals surface area contributed by atoms with Crippen molar-refractivity contribution in [2.24, 2.45) is 0 Å². The number of nitrogens with one attached hydrogen (secondary N) is 2. The van der Waals surface area contributed by atoms with Crippen molar-refractivity contribution in [3.8, 4) is 0 Å². The summed E-state index contributed by atoms with van der Waals surface area (Å²) in [6, 6.07) is -0.463. The Morgan fingerprint density at radius 2 is 1.93 bits per heavy atom. The van der Waals surface area contributed by atoms with E-state index in [4.69, 9.17) is 0 Å². The van der Waals surface area contributed by atoms with E-state index < -0.39 is 6.04 Å². The number of likely N-dealkylation sites (N-methyl/N-ethyl adjacent to an activating group) is 1. The van der Waals surface area contributed by atoms with Crippen LogP contribution in [0.2, 0.25) is 0 Å². The molecule has 0 spiro atoms. The summed E-state index contributed by atoms with van der Waals surface area (Å²) in [4.78, 5) is 23.9. The molecule has 0 heterocycles. The van der Waals surface area contributed by atoms with Crippen LogP contribution in [0.3, 0.4) is 0 Å². The van der Waals surface area contributed by atoms with Gasteiger partial charge in [-0.05, 0) is 21.0 Å². The zero-order chi connectivity index (χ0) is 11.1. The van der Waals surface area contributed by atoms with Gasteiger partial charge in [-0.2, -0.15) is 0 Å². The second kappa shape index (κ2) is 6.37. The molecule has 0 bridgehead atoms. The average Bonchev–Trinajstić information content (AvgIpc) is 2.01. The Morgan fingerprint density at radius 3 is 2.36 bits per heavy atom. The summed E-state index contributed by atoms with van der Waals surface area (Å²) in [6.45, 7) is 4.43. The molecular weight excluding hydrogens is 182 g/mol. The van der Waals surface area contributed by atoms with Gasteiger partial charge >= 0.3 is 0 Å². The maximum Gasteiger partial charge on any atom is 0.242 e. The lowest BCUT2D eigenvalue weighted by atomic mass is 10.3. The third-order valence-electron chi connectivity index (χ3n) is 1.67. The summed E-state index contributed by atoms with van der Waals surface area (Å²) in [5, 5.41) is 5.24. The molecule has 1 atom stereocenters. The maximum atomic E-state index is 11.3. The van der Waals surface area contributed by atoms with E-state index in [1.807, 2.05) is 19.0 Å². The summed E-state index contributed by atoms with van der Waals surface area (Å²) in [6.07, 6.45) is 0. The number of nitrogens with zero attached hydrogens (tertiary/aromatic N) is 1. The summed E-state index contributed by atoms with van der Waals surface area (Å²) >= 11 is 0. The van der Waals surface area contributed by atoms with E-state index in [0.29, 0.717) is 6.54 Å². The van der Waals surface area contributed by atoms with E-state index >= 15 is 0 Å². The minimum Gasteiger partial charge on any atom is -0.353 e. The van der Waals surface area contributed by atoms with Crippen LogP contribution in [0.1, 0.15) is 13.8 Å². The number of carbonyl (C=O) groups is 2. The van der Waals surface area contributed by atoms with E-state index in [-0.39, 0.29) is 11.8 Å². The topological polar surface area (TPSA) is 61.4 Å². The lowest BCUT2D eigenvalue weighted by molar-refractivity contribution is -0.127. The highest BCUT2D eigenvalue weighted by molar-refractivity contribution is 5.86. The minimum atomic E-state index is -0.463. The van der Waals surface area contributed by atoms with Gasteiger partial charge in [0.2, 0.25) is 11.8 Å². The highest BCUT2D eigenvalue weighted by atomic mass is 16.2. The Bertz CT molecular complexity index is 204. The molecule has 14 heavy (non-hydrogen) atoms. The van der Waals surface area contributed by atoms with Gasteiger partial charge in [-0.25, -0.2) is 0 Å². The van der Waals surface area contributed by atoms with Crippen molar-refractivity contribution in [1.82, 2.24) is 15.5 Å². The molecule has 82 valence electrons. The highest BCUT2D eigenvalue weighted by Gasteiger charge is 2.12. The lowest BCUT2D eigenvalue weighted by Gasteiger charge is -2.14. The minimum absolute atomic E-state index is 0.151. The van der Waals surface area contributed by atoms with Crippen LogP contribution < -0.4 is 10.6 Å². The first-order valence-electron chi connectivity index (χ1n) is 4.63. The standard InChI is InChI=1S/C9H19N3O2/c1-7(11-8(2)13)9(14)10-5-6-12(3)4/h7H,5-6H2,1-4H3,(H,10,14)(H,11,13). The zero-order valence-corrected chi connectivity index (χ0v) is 9.26. The molecule has 5 heteroatoms. The molecule has 0 saturated carbocycles. The first kappa shape index (κ1) is 12.9. The number of hydrogen-bond donors (Lipinski definition) is 2. The fourth-order valence-electron chi connectivity index (χ4n) is 0.926. The van der Waals surface area contributed by atoms with Gasteiger partial charge < -0.3 is 15.5 Å². The molecule has 0 aromatic rings. The van der Waals surface area contributed by atoms with E-state index in [9.17, 15) is 9.59 Å². The van der Waals surface area contributed by atoms with Crippen molar-refractivity contribution < 1.29 is 9.59 Å². The molecule has 0 radical (unpaired) electrons. The molecule has 0 aromatic heterocycles. The van der Waals surface area contributed by atoms with Crippen molar-refractivity contribution in [2.75, 3.05) is 27.2 Å². The second-order valence-corrected chi connectivity index (χ2v) is 3.52.